The van der Waals surface area contributed by atoms with Crippen molar-refractivity contribution in [3.05, 3.63) is 71.8 Å². The zero-order valence-corrected chi connectivity index (χ0v) is 18.4. The molecule has 5 nitrogen and oxygen atoms in total. The minimum Gasteiger partial charge on any atom is -0.463 e. The Hall–Kier alpha value is -3.08. The monoisotopic (exact) mass is 409 g/mol. The maximum atomic E-state index is 12.3. The first-order valence-electron chi connectivity index (χ1n) is 10.2. The van der Waals surface area contributed by atoms with Gasteiger partial charge in [0.1, 0.15) is 5.60 Å². The van der Waals surface area contributed by atoms with Gasteiger partial charge in [0.05, 0.1) is 12.6 Å². The van der Waals surface area contributed by atoms with Crippen LogP contribution in [-0.2, 0) is 20.7 Å². The normalized spacial score (nSPS) is 12.8. The smallest absolute Gasteiger partial charge is 0.408 e. The molecule has 0 radical (unpaired) electrons. The number of carbonyl (C=O) groups excluding carboxylic acids is 2. The van der Waals surface area contributed by atoms with E-state index in [-0.39, 0.29) is 0 Å². The SMILES string of the molecule is CCOC(=O)/C(C)=C/C(Cc1ccc(-c2ccccc2)cc1)NC(=O)OC(C)(C)C. The van der Waals surface area contributed by atoms with Gasteiger partial charge in [-0.3, -0.25) is 0 Å². The van der Waals surface area contributed by atoms with E-state index in [0.717, 1.165) is 16.7 Å². The van der Waals surface area contributed by atoms with E-state index in [0.29, 0.717) is 18.6 Å². The lowest BCUT2D eigenvalue weighted by molar-refractivity contribution is -0.138. The molecule has 0 bridgehead atoms. The molecule has 0 fully saturated rings. The number of carbonyl (C=O) groups is 2. The van der Waals surface area contributed by atoms with Crippen molar-refractivity contribution in [2.75, 3.05) is 6.61 Å². The van der Waals surface area contributed by atoms with Crippen LogP contribution in [0.4, 0.5) is 4.79 Å². The van der Waals surface area contributed by atoms with E-state index < -0.39 is 23.7 Å². The summed E-state index contributed by atoms with van der Waals surface area (Å²) in [6.07, 6.45) is 1.71. The molecule has 160 valence electrons. The molecule has 1 atom stereocenters. The van der Waals surface area contributed by atoms with Gasteiger partial charge in [-0.15, -0.1) is 0 Å². The minimum atomic E-state index is -0.605. The van der Waals surface area contributed by atoms with Gasteiger partial charge in [0, 0.05) is 5.57 Å². The van der Waals surface area contributed by atoms with Crippen molar-refractivity contribution in [2.45, 2.75) is 52.7 Å². The third kappa shape index (κ3) is 7.74. The van der Waals surface area contributed by atoms with Gasteiger partial charge in [-0.2, -0.15) is 0 Å². The molecule has 0 aromatic heterocycles. The lowest BCUT2D eigenvalue weighted by Gasteiger charge is -2.23. The molecule has 0 saturated carbocycles. The molecule has 30 heavy (non-hydrogen) atoms. The number of hydrogen-bond donors (Lipinski definition) is 1. The van der Waals surface area contributed by atoms with Crippen LogP contribution in [0.15, 0.2) is 66.2 Å². The zero-order valence-electron chi connectivity index (χ0n) is 18.4. The van der Waals surface area contributed by atoms with E-state index in [1.165, 1.54) is 0 Å². The van der Waals surface area contributed by atoms with Crippen molar-refractivity contribution in [1.82, 2.24) is 5.32 Å². The van der Waals surface area contributed by atoms with Gasteiger partial charge in [0.15, 0.2) is 0 Å². The Morgan fingerprint density at radius 2 is 1.60 bits per heavy atom. The largest absolute Gasteiger partial charge is 0.463 e. The fraction of sp³-hybridized carbons (Fsp3) is 0.360. The summed E-state index contributed by atoms with van der Waals surface area (Å²) >= 11 is 0. The van der Waals surface area contributed by atoms with Crippen molar-refractivity contribution in [2.24, 2.45) is 0 Å². The number of hydrogen-bond acceptors (Lipinski definition) is 4. The third-order valence-electron chi connectivity index (χ3n) is 4.27. The Balaban J connectivity index is 2.18. The number of nitrogens with one attached hydrogen (secondary N) is 1. The van der Waals surface area contributed by atoms with Crippen molar-refractivity contribution >= 4 is 12.1 Å². The molecule has 0 aliphatic rings. The second-order valence-corrected chi connectivity index (χ2v) is 8.09. The Bertz CT molecular complexity index is 864. The van der Waals surface area contributed by atoms with E-state index >= 15 is 0 Å². The van der Waals surface area contributed by atoms with Crippen LogP contribution in [0.25, 0.3) is 11.1 Å². The Kier molecular flexibility index (Phi) is 8.22. The third-order valence-corrected chi connectivity index (χ3v) is 4.27. The van der Waals surface area contributed by atoms with Gasteiger partial charge < -0.3 is 14.8 Å². The van der Waals surface area contributed by atoms with Crippen LogP contribution in [-0.4, -0.2) is 30.3 Å². The van der Waals surface area contributed by atoms with Crippen LogP contribution in [0.2, 0.25) is 0 Å². The average Bonchev–Trinajstić information content (AvgIpc) is 2.68. The fourth-order valence-corrected chi connectivity index (χ4v) is 2.94. The summed E-state index contributed by atoms with van der Waals surface area (Å²) in [4.78, 5) is 24.3. The number of rotatable bonds is 7. The number of esters is 1. The van der Waals surface area contributed by atoms with Crippen molar-refractivity contribution in [3.63, 3.8) is 0 Å². The number of alkyl carbamates (subject to hydrolysis) is 1. The molecule has 1 unspecified atom stereocenters. The first kappa shape index (κ1) is 23.2. The van der Waals surface area contributed by atoms with Crippen molar-refractivity contribution in [3.8, 4) is 11.1 Å². The van der Waals surface area contributed by atoms with Gasteiger partial charge in [-0.25, -0.2) is 9.59 Å². The van der Waals surface area contributed by atoms with Crippen LogP contribution >= 0.6 is 0 Å². The molecule has 0 heterocycles. The van der Waals surface area contributed by atoms with Crippen LogP contribution in [0, 0.1) is 0 Å². The van der Waals surface area contributed by atoms with E-state index in [1.807, 2.05) is 51.1 Å². The molecule has 5 heteroatoms. The van der Waals surface area contributed by atoms with Crippen molar-refractivity contribution in [1.29, 1.82) is 0 Å². The molecule has 0 spiro atoms. The first-order valence-corrected chi connectivity index (χ1v) is 10.2. The highest BCUT2D eigenvalue weighted by molar-refractivity contribution is 5.88. The van der Waals surface area contributed by atoms with Crippen LogP contribution in [0.5, 0.6) is 0 Å². The first-order chi connectivity index (χ1) is 14.2. The number of ether oxygens (including phenoxy) is 2. The Morgan fingerprint density at radius 3 is 2.17 bits per heavy atom. The van der Waals surface area contributed by atoms with Gasteiger partial charge in [-0.1, -0.05) is 60.7 Å². The molecule has 2 aromatic carbocycles. The average molecular weight is 410 g/mol. The van der Waals surface area contributed by atoms with E-state index in [9.17, 15) is 9.59 Å². The van der Waals surface area contributed by atoms with E-state index in [2.05, 4.69) is 29.6 Å². The maximum Gasteiger partial charge on any atom is 0.408 e. The summed E-state index contributed by atoms with van der Waals surface area (Å²) in [6.45, 7) is 9.17. The van der Waals surface area contributed by atoms with Crippen LogP contribution in [0.1, 0.15) is 40.2 Å². The summed E-state index contributed by atoms with van der Waals surface area (Å²) in [5.74, 6) is -0.395. The van der Waals surface area contributed by atoms with Crippen molar-refractivity contribution < 1.29 is 19.1 Å². The molecule has 0 saturated heterocycles. The topological polar surface area (TPSA) is 64.6 Å². The summed E-state index contributed by atoms with van der Waals surface area (Å²) in [7, 11) is 0. The quantitative estimate of drug-likeness (QED) is 0.498. The van der Waals surface area contributed by atoms with Gasteiger partial charge >= 0.3 is 12.1 Å². The highest BCUT2D eigenvalue weighted by Gasteiger charge is 2.20. The minimum absolute atomic E-state index is 0.301. The maximum absolute atomic E-state index is 12.3. The van der Waals surface area contributed by atoms with Crippen LogP contribution < -0.4 is 5.32 Å². The molecule has 2 rings (SSSR count). The lowest BCUT2D eigenvalue weighted by Crippen LogP contribution is -2.39. The Labute approximate surface area is 179 Å². The molecule has 1 N–H and O–H groups in total. The molecule has 0 aliphatic heterocycles. The second-order valence-electron chi connectivity index (χ2n) is 8.09. The predicted octanol–water partition coefficient (Wildman–Crippen LogP) is 5.30. The molecular formula is C25H31NO4. The zero-order chi connectivity index (χ0) is 22.1. The molecule has 2 aromatic rings. The number of amides is 1. The molecule has 1 amide bonds. The summed E-state index contributed by atoms with van der Waals surface area (Å²) in [6, 6.07) is 17.9. The lowest BCUT2D eigenvalue weighted by atomic mass is 10.00. The van der Waals surface area contributed by atoms with Gasteiger partial charge in [0.25, 0.3) is 0 Å². The van der Waals surface area contributed by atoms with Gasteiger partial charge in [0.2, 0.25) is 0 Å². The number of benzene rings is 2. The summed E-state index contributed by atoms with van der Waals surface area (Å²) in [5, 5.41) is 2.85. The predicted molar refractivity (Wildman–Crippen MR) is 119 cm³/mol. The highest BCUT2D eigenvalue weighted by Crippen LogP contribution is 2.20. The molecule has 0 aliphatic carbocycles. The standard InChI is InChI=1S/C25H31NO4/c1-6-29-23(27)18(2)16-22(26-24(28)30-25(3,4)5)17-19-12-14-21(15-13-19)20-10-8-7-9-11-20/h7-16,22H,6,17H2,1-5H3,(H,26,28)/b18-16+. The van der Waals surface area contributed by atoms with Crippen LogP contribution in [0.3, 0.4) is 0 Å². The summed E-state index contributed by atoms with van der Waals surface area (Å²) < 4.78 is 10.4. The van der Waals surface area contributed by atoms with E-state index in [1.54, 1.807) is 19.9 Å². The Morgan fingerprint density at radius 1 is 1.00 bits per heavy atom. The summed E-state index contributed by atoms with van der Waals surface area (Å²) in [5.41, 5.74) is 3.13. The fourth-order valence-electron chi connectivity index (χ4n) is 2.94. The van der Waals surface area contributed by atoms with E-state index in [4.69, 9.17) is 9.47 Å². The molecular weight excluding hydrogens is 378 g/mol. The second kappa shape index (κ2) is 10.6. The van der Waals surface area contributed by atoms with Gasteiger partial charge in [-0.05, 0) is 57.7 Å². The highest BCUT2D eigenvalue weighted by atomic mass is 16.6.